The Bertz CT molecular complexity index is 2150. The number of sulfonamides is 1. The number of ether oxygens (including phenoxy) is 2. The molecular weight excluding hydrogens is 810 g/mol. The Hall–Kier alpha value is -4.09. The average molecular weight is 867 g/mol. The molecule has 0 aliphatic carbocycles. The number of aryl methyl sites for hydroxylation is 1. The van der Waals surface area contributed by atoms with Crippen molar-refractivity contribution >= 4 is 34.6 Å². The topological polar surface area (TPSA) is 101 Å². The first kappa shape index (κ1) is 45.4. The van der Waals surface area contributed by atoms with E-state index in [1.165, 1.54) is 0 Å². The first-order chi connectivity index (χ1) is 28.4. The van der Waals surface area contributed by atoms with Crippen LogP contribution in [0.2, 0.25) is 5.04 Å². The van der Waals surface area contributed by atoms with E-state index >= 15 is 0 Å². The molecule has 4 aromatic carbocycles. The minimum absolute atomic E-state index is 0.0168. The standard InChI is InChI=1S/C45H57F3N4O6SSi/c1-33-17-18-34(26-42(33)58-60(44(2,3)4,40-13-9-7-10-14-40)41-15-11-8-12-16-41)25-37-30-50(19-20-51-23-24-57-38(31-51)32-56-6)21-22-52(37)43(53)35-27-36(45(46,47)48)29-39(28-35)59(54,55)49-5/h7-18,26-29,37-38,49H,19-25,30-32H2,1-6H3. The molecule has 324 valence electrons. The second-order valence-corrected chi connectivity index (χ2v) is 22.8. The molecule has 2 fully saturated rings. The maximum absolute atomic E-state index is 14.5. The number of carbonyl (C=O) groups is 1. The third kappa shape index (κ3) is 10.3. The zero-order valence-electron chi connectivity index (χ0n) is 35.3. The van der Waals surface area contributed by atoms with Crippen molar-refractivity contribution in [3.05, 3.63) is 119 Å². The molecule has 2 aliphatic heterocycles. The molecule has 2 atom stereocenters. The highest BCUT2D eigenvalue weighted by Crippen LogP contribution is 2.39. The van der Waals surface area contributed by atoms with Gasteiger partial charge in [0.25, 0.3) is 5.91 Å². The van der Waals surface area contributed by atoms with E-state index in [4.69, 9.17) is 13.9 Å². The molecule has 2 saturated heterocycles. The van der Waals surface area contributed by atoms with Crippen molar-refractivity contribution in [3.8, 4) is 5.75 Å². The molecular formula is C45H57F3N4O6SSi. The minimum atomic E-state index is -4.88. The van der Waals surface area contributed by atoms with Crippen molar-refractivity contribution < 1.29 is 40.3 Å². The predicted octanol–water partition coefficient (Wildman–Crippen LogP) is 5.58. The van der Waals surface area contributed by atoms with E-state index in [9.17, 15) is 26.4 Å². The largest absolute Gasteiger partial charge is 0.534 e. The third-order valence-corrected chi connectivity index (χ3v) is 17.9. The van der Waals surface area contributed by atoms with E-state index in [1.54, 1.807) is 12.0 Å². The van der Waals surface area contributed by atoms with Crippen molar-refractivity contribution in [3.63, 3.8) is 0 Å². The van der Waals surface area contributed by atoms with Gasteiger partial charge in [-0.15, -0.1) is 0 Å². The smallest absolute Gasteiger partial charge is 0.416 e. The molecule has 4 aromatic rings. The first-order valence-electron chi connectivity index (χ1n) is 20.4. The highest BCUT2D eigenvalue weighted by molar-refractivity contribution is 7.89. The number of halogens is 3. The molecule has 0 saturated carbocycles. The molecule has 1 amide bonds. The van der Waals surface area contributed by atoms with Crippen LogP contribution in [0.5, 0.6) is 5.75 Å². The van der Waals surface area contributed by atoms with Crippen LogP contribution < -0.4 is 19.5 Å². The summed E-state index contributed by atoms with van der Waals surface area (Å²) in [5.41, 5.74) is 0.299. The van der Waals surface area contributed by atoms with Crippen molar-refractivity contribution in [2.45, 2.75) is 62.4 Å². The Kier molecular flexibility index (Phi) is 14.3. The predicted molar refractivity (Wildman–Crippen MR) is 230 cm³/mol. The van der Waals surface area contributed by atoms with Crippen LogP contribution in [0.3, 0.4) is 0 Å². The van der Waals surface area contributed by atoms with Gasteiger partial charge in [-0.1, -0.05) is 93.6 Å². The number of rotatable bonds is 14. The van der Waals surface area contributed by atoms with Crippen LogP contribution in [0.15, 0.2) is 102 Å². The fourth-order valence-corrected chi connectivity index (χ4v) is 13.7. The quantitative estimate of drug-likeness (QED) is 0.164. The molecule has 6 rings (SSSR count). The molecule has 0 bridgehead atoms. The molecule has 10 nitrogen and oxygen atoms in total. The van der Waals surface area contributed by atoms with Crippen LogP contribution in [0.1, 0.15) is 47.8 Å². The first-order valence-corrected chi connectivity index (χ1v) is 23.8. The van der Waals surface area contributed by atoms with Gasteiger partial charge in [-0.25, -0.2) is 13.1 Å². The van der Waals surface area contributed by atoms with Gasteiger partial charge in [-0.2, -0.15) is 13.2 Å². The lowest BCUT2D eigenvalue weighted by Gasteiger charge is -2.44. The Morgan fingerprint density at radius 2 is 1.50 bits per heavy atom. The average Bonchev–Trinajstić information content (AvgIpc) is 3.23. The van der Waals surface area contributed by atoms with Crippen molar-refractivity contribution in [1.29, 1.82) is 0 Å². The number of amides is 1. The van der Waals surface area contributed by atoms with Crippen molar-refractivity contribution in [2.24, 2.45) is 0 Å². The second-order valence-electron chi connectivity index (χ2n) is 16.7. The van der Waals surface area contributed by atoms with Crippen LogP contribution in [0, 0.1) is 6.92 Å². The number of carbonyl (C=O) groups excluding carboxylic acids is 1. The number of methoxy groups -OCH3 is 1. The summed E-state index contributed by atoms with van der Waals surface area (Å²) in [5, 5.41) is 1.96. The number of piperazine rings is 1. The summed E-state index contributed by atoms with van der Waals surface area (Å²) in [7, 11) is -4.53. The highest BCUT2D eigenvalue weighted by Gasteiger charge is 2.52. The maximum atomic E-state index is 14.5. The fourth-order valence-electron chi connectivity index (χ4n) is 8.41. The Balaban J connectivity index is 1.35. The van der Waals surface area contributed by atoms with Crippen LogP contribution in [-0.2, 0) is 32.1 Å². The molecule has 0 radical (unpaired) electrons. The summed E-state index contributed by atoms with van der Waals surface area (Å²) < 4.78 is 88.8. The molecule has 0 spiro atoms. The Morgan fingerprint density at radius 3 is 2.08 bits per heavy atom. The van der Waals surface area contributed by atoms with Gasteiger partial charge in [-0.05, 0) is 71.2 Å². The van der Waals surface area contributed by atoms with E-state index in [0.717, 1.165) is 66.1 Å². The van der Waals surface area contributed by atoms with Crippen LogP contribution in [0.25, 0.3) is 0 Å². The van der Waals surface area contributed by atoms with E-state index in [0.29, 0.717) is 45.3 Å². The van der Waals surface area contributed by atoms with Crippen molar-refractivity contribution in [1.82, 2.24) is 19.4 Å². The summed E-state index contributed by atoms with van der Waals surface area (Å²) in [4.78, 5) is 20.1. The van der Waals surface area contributed by atoms with Gasteiger partial charge in [0.15, 0.2) is 0 Å². The van der Waals surface area contributed by atoms with E-state index in [1.807, 2.05) is 61.5 Å². The number of nitrogens with one attached hydrogen (secondary N) is 1. The Labute approximate surface area is 353 Å². The number of morpholine rings is 1. The summed E-state index contributed by atoms with van der Waals surface area (Å²) in [6.07, 6.45) is -4.51. The minimum Gasteiger partial charge on any atom is -0.534 e. The number of hydrogen-bond acceptors (Lipinski definition) is 8. The molecule has 2 aliphatic rings. The lowest BCUT2D eigenvalue weighted by atomic mass is 9.99. The van der Waals surface area contributed by atoms with Gasteiger partial charge in [0.05, 0.1) is 29.8 Å². The fraction of sp³-hybridized carbons (Fsp3) is 0.444. The number of hydrogen-bond donors (Lipinski definition) is 1. The zero-order valence-corrected chi connectivity index (χ0v) is 37.1. The normalized spacial score (nSPS) is 18.7. The molecule has 1 N–H and O–H groups in total. The monoisotopic (exact) mass is 866 g/mol. The second kappa shape index (κ2) is 18.9. The molecule has 0 aromatic heterocycles. The SMILES string of the molecule is CNS(=O)(=O)c1cc(C(=O)N2CCN(CCN3CCOC(COC)C3)CC2Cc2ccc(C)c(O[Si](c3ccccc3)(c3ccccc3)C(C)(C)C)c2)cc(C(F)(F)F)c1. The van der Waals surface area contributed by atoms with Gasteiger partial charge in [-0.3, -0.25) is 14.6 Å². The van der Waals surface area contributed by atoms with E-state index in [-0.39, 0.29) is 23.3 Å². The maximum Gasteiger partial charge on any atom is 0.416 e. The zero-order chi connectivity index (χ0) is 43.3. The van der Waals surface area contributed by atoms with Gasteiger partial charge >= 0.3 is 14.5 Å². The van der Waals surface area contributed by atoms with E-state index in [2.05, 4.69) is 59.6 Å². The van der Waals surface area contributed by atoms with Gasteiger partial charge in [0, 0.05) is 64.5 Å². The van der Waals surface area contributed by atoms with Crippen LogP contribution >= 0.6 is 0 Å². The molecule has 2 unspecified atom stereocenters. The lowest BCUT2D eigenvalue weighted by Crippen LogP contribution is -2.68. The Morgan fingerprint density at radius 1 is 0.867 bits per heavy atom. The number of alkyl halides is 3. The summed E-state index contributed by atoms with van der Waals surface area (Å²) in [5.74, 6) is 0.0647. The van der Waals surface area contributed by atoms with E-state index < -0.39 is 46.9 Å². The highest BCUT2D eigenvalue weighted by atomic mass is 32.2. The molecule has 60 heavy (non-hydrogen) atoms. The lowest BCUT2D eigenvalue weighted by molar-refractivity contribution is -0.137. The molecule has 2 heterocycles. The van der Waals surface area contributed by atoms with Gasteiger partial charge in [0.2, 0.25) is 10.0 Å². The summed E-state index contributed by atoms with van der Waals surface area (Å²) in [6.45, 7) is 14.0. The summed E-state index contributed by atoms with van der Waals surface area (Å²) >= 11 is 0. The third-order valence-electron chi connectivity index (χ3n) is 11.6. The number of benzene rings is 4. The molecule has 15 heteroatoms. The van der Waals surface area contributed by atoms with Crippen molar-refractivity contribution in [2.75, 3.05) is 73.2 Å². The summed E-state index contributed by atoms with van der Waals surface area (Å²) in [6, 6.07) is 28.7. The van der Waals surface area contributed by atoms with Gasteiger partial charge < -0.3 is 18.8 Å². The van der Waals surface area contributed by atoms with Crippen LogP contribution in [0.4, 0.5) is 13.2 Å². The number of nitrogens with zero attached hydrogens (tertiary/aromatic N) is 3. The van der Waals surface area contributed by atoms with Gasteiger partial charge in [0.1, 0.15) is 5.75 Å². The van der Waals surface area contributed by atoms with Crippen LogP contribution in [-0.4, -0.2) is 123 Å².